The van der Waals surface area contributed by atoms with E-state index in [1.165, 1.54) is 0 Å². The van der Waals surface area contributed by atoms with Gasteiger partial charge in [-0.3, -0.25) is 0 Å². The molecule has 0 aromatic carbocycles. The third-order valence-electron chi connectivity index (χ3n) is 0.616. The number of nitrogens with zero attached hydrogens (tertiary/aromatic N) is 1. The van der Waals surface area contributed by atoms with E-state index >= 15 is 0 Å². The van der Waals surface area contributed by atoms with Crippen LogP contribution in [0.3, 0.4) is 0 Å². The minimum absolute atomic E-state index is 0.00310. The summed E-state index contributed by atoms with van der Waals surface area (Å²) in [5, 5.41) is 8.03. The van der Waals surface area contributed by atoms with Crippen molar-refractivity contribution in [1.29, 1.82) is 5.26 Å². The van der Waals surface area contributed by atoms with Gasteiger partial charge in [0.2, 0.25) is 0 Å². The number of ether oxygens (including phenoxy) is 1. The van der Waals surface area contributed by atoms with Crippen LogP contribution < -0.4 is 0 Å². The highest BCUT2D eigenvalue weighted by atomic mass is 16.5. The standard InChI is InChI=1S/C6H10NO/c1-6(2)8-5-3-4-7/h6H,1,3,5H2,2H3. The van der Waals surface area contributed by atoms with Crippen LogP contribution >= 0.6 is 0 Å². The number of hydrogen-bond acceptors (Lipinski definition) is 2. The van der Waals surface area contributed by atoms with Gasteiger partial charge in [0.05, 0.1) is 25.2 Å². The molecule has 0 saturated carbocycles. The predicted molar refractivity (Wildman–Crippen MR) is 31.0 cm³/mol. The molecule has 0 aromatic heterocycles. The molecule has 1 radical (unpaired) electrons. The van der Waals surface area contributed by atoms with Gasteiger partial charge in [-0.2, -0.15) is 5.26 Å². The molecule has 0 aliphatic rings. The summed E-state index contributed by atoms with van der Waals surface area (Å²) >= 11 is 0. The summed E-state index contributed by atoms with van der Waals surface area (Å²) in [7, 11) is 0. The fraction of sp³-hybridized carbons (Fsp3) is 0.667. The summed E-state index contributed by atoms with van der Waals surface area (Å²) in [6.45, 7) is 5.92. The molecule has 8 heavy (non-hydrogen) atoms. The monoisotopic (exact) mass is 112 g/mol. The topological polar surface area (TPSA) is 33.0 Å². The first-order valence-corrected chi connectivity index (χ1v) is 2.59. The van der Waals surface area contributed by atoms with E-state index in [2.05, 4.69) is 6.92 Å². The highest BCUT2D eigenvalue weighted by molar-refractivity contribution is 4.67. The second kappa shape index (κ2) is 4.61. The second-order valence-corrected chi connectivity index (χ2v) is 1.59. The Morgan fingerprint density at radius 1 is 1.88 bits per heavy atom. The lowest BCUT2D eigenvalue weighted by molar-refractivity contribution is 0.101. The zero-order chi connectivity index (χ0) is 6.41. The average molecular weight is 112 g/mol. The minimum atomic E-state index is 0.00310. The average Bonchev–Trinajstić information content (AvgIpc) is 1.66. The molecule has 2 heteroatoms. The van der Waals surface area contributed by atoms with E-state index < -0.39 is 0 Å². The third-order valence-corrected chi connectivity index (χ3v) is 0.616. The van der Waals surface area contributed by atoms with Gasteiger partial charge >= 0.3 is 0 Å². The van der Waals surface area contributed by atoms with Gasteiger partial charge in [0.25, 0.3) is 0 Å². The fourth-order valence-corrected chi connectivity index (χ4v) is 0.306. The lowest BCUT2D eigenvalue weighted by Gasteiger charge is -2.02. The lowest BCUT2D eigenvalue weighted by Crippen LogP contribution is -2.02. The third kappa shape index (κ3) is 5.45. The minimum Gasteiger partial charge on any atom is -0.377 e. The smallest absolute Gasteiger partial charge is 0.0645 e. The van der Waals surface area contributed by atoms with Crippen LogP contribution in [-0.4, -0.2) is 12.7 Å². The first-order chi connectivity index (χ1) is 3.77. The molecule has 0 amide bonds. The van der Waals surface area contributed by atoms with Gasteiger partial charge < -0.3 is 4.74 Å². The van der Waals surface area contributed by atoms with Crippen LogP contribution in [0, 0.1) is 18.3 Å². The Labute approximate surface area is 50.1 Å². The maximum atomic E-state index is 8.03. The van der Waals surface area contributed by atoms with Crippen molar-refractivity contribution < 1.29 is 4.74 Å². The zero-order valence-corrected chi connectivity index (χ0v) is 5.05. The van der Waals surface area contributed by atoms with Crippen molar-refractivity contribution in [2.75, 3.05) is 6.61 Å². The molecule has 0 heterocycles. The maximum Gasteiger partial charge on any atom is 0.0645 e. The van der Waals surface area contributed by atoms with Gasteiger partial charge in [0.1, 0.15) is 0 Å². The van der Waals surface area contributed by atoms with Gasteiger partial charge in [-0.05, 0) is 13.8 Å². The molecule has 0 fully saturated rings. The van der Waals surface area contributed by atoms with Gasteiger partial charge in [-0.1, -0.05) is 0 Å². The molecule has 0 N–H and O–H groups in total. The molecule has 0 aliphatic heterocycles. The van der Waals surface area contributed by atoms with E-state index in [0.29, 0.717) is 13.0 Å². The molecule has 0 saturated heterocycles. The molecule has 2 nitrogen and oxygen atoms in total. The first kappa shape index (κ1) is 7.45. The molecule has 1 atom stereocenters. The van der Waals surface area contributed by atoms with E-state index in [0.717, 1.165) is 0 Å². The quantitative estimate of drug-likeness (QED) is 0.513. The maximum absolute atomic E-state index is 8.03. The molecule has 0 aliphatic carbocycles. The highest BCUT2D eigenvalue weighted by Gasteiger charge is 1.89. The van der Waals surface area contributed by atoms with Crippen molar-refractivity contribution in [2.24, 2.45) is 0 Å². The van der Waals surface area contributed by atoms with Gasteiger partial charge in [-0.25, -0.2) is 0 Å². The van der Waals surface area contributed by atoms with E-state index in [9.17, 15) is 0 Å². The van der Waals surface area contributed by atoms with Crippen LogP contribution in [0.25, 0.3) is 0 Å². The Hall–Kier alpha value is -0.550. The molecule has 0 rings (SSSR count). The summed E-state index contributed by atoms with van der Waals surface area (Å²) in [6, 6.07) is 1.97. The Balaban J connectivity index is 2.85. The largest absolute Gasteiger partial charge is 0.377 e. The van der Waals surface area contributed by atoms with Crippen LogP contribution in [-0.2, 0) is 4.74 Å². The van der Waals surface area contributed by atoms with Crippen molar-refractivity contribution in [3.05, 3.63) is 6.92 Å². The van der Waals surface area contributed by atoms with Crippen LogP contribution in [0.15, 0.2) is 0 Å². The molecule has 0 bridgehead atoms. The van der Waals surface area contributed by atoms with Crippen LogP contribution in [0.1, 0.15) is 13.3 Å². The molecular formula is C6H10NO. The Morgan fingerprint density at radius 2 is 2.50 bits per heavy atom. The van der Waals surface area contributed by atoms with Crippen LogP contribution in [0.5, 0.6) is 0 Å². The molecule has 0 spiro atoms. The van der Waals surface area contributed by atoms with E-state index in [1.54, 1.807) is 0 Å². The summed E-state index contributed by atoms with van der Waals surface area (Å²) in [5.41, 5.74) is 0. The second-order valence-electron chi connectivity index (χ2n) is 1.59. The van der Waals surface area contributed by atoms with Crippen molar-refractivity contribution in [1.82, 2.24) is 0 Å². The number of nitriles is 1. The Kier molecular flexibility index (Phi) is 4.29. The fourth-order valence-electron chi connectivity index (χ4n) is 0.306. The zero-order valence-electron chi connectivity index (χ0n) is 5.05. The first-order valence-electron chi connectivity index (χ1n) is 2.59. The number of rotatable bonds is 3. The van der Waals surface area contributed by atoms with Crippen molar-refractivity contribution in [3.8, 4) is 6.07 Å². The summed E-state index contributed by atoms with van der Waals surface area (Å²) < 4.78 is 4.95. The normalized spacial score (nSPS) is 9.25. The Bertz CT molecular complexity index is 83.0. The molecular weight excluding hydrogens is 102 g/mol. The summed E-state index contributed by atoms with van der Waals surface area (Å²) in [5.74, 6) is 0. The molecule has 45 valence electrons. The Morgan fingerprint density at radius 3 is 2.88 bits per heavy atom. The van der Waals surface area contributed by atoms with E-state index in [-0.39, 0.29) is 6.10 Å². The van der Waals surface area contributed by atoms with Crippen molar-refractivity contribution in [3.63, 3.8) is 0 Å². The van der Waals surface area contributed by atoms with Crippen LogP contribution in [0.4, 0.5) is 0 Å². The van der Waals surface area contributed by atoms with Crippen LogP contribution in [0.2, 0.25) is 0 Å². The van der Waals surface area contributed by atoms with E-state index in [4.69, 9.17) is 10.00 Å². The van der Waals surface area contributed by atoms with Gasteiger partial charge in [0, 0.05) is 0 Å². The van der Waals surface area contributed by atoms with E-state index in [1.807, 2.05) is 13.0 Å². The predicted octanol–water partition coefficient (Wildman–Crippen LogP) is 1.14. The summed E-state index contributed by atoms with van der Waals surface area (Å²) in [4.78, 5) is 0. The summed E-state index contributed by atoms with van der Waals surface area (Å²) in [6.07, 6.45) is 0.461. The highest BCUT2D eigenvalue weighted by Crippen LogP contribution is 1.87. The lowest BCUT2D eigenvalue weighted by atomic mass is 10.4. The van der Waals surface area contributed by atoms with Crippen molar-refractivity contribution in [2.45, 2.75) is 19.4 Å². The molecule has 1 unspecified atom stereocenters. The van der Waals surface area contributed by atoms with Gasteiger partial charge in [0.15, 0.2) is 0 Å². The number of hydrogen-bond donors (Lipinski definition) is 0. The molecule has 0 aromatic rings. The van der Waals surface area contributed by atoms with Crippen molar-refractivity contribution >= 4 is 0 Å². The van der Waals surface area contributed by atoms with Gasteiger partial charge in [-0.15, -0.1) is 0 Å². The SMILES string of the molecule is [CH2]C(C)OCCC#N.